The van der Waals surface area contributed by atoms with E-state index in [1.165, 1.54) is 12.1 Å². The zero-order valence-electron chi connectivity index (χ0n) is 7.98. The predicted molar refractivity (Wildman–Crippen MR) is 56.5 cm³/mol. The fourth-order valence-corrected chi connectivity index (χ4v) is 2.06. The summed E-state index contributed by atoms with van der Waals surface area (Å²) in [5.74, 6) is 0. The molecule has 0 bridgehead atoms. The number of nitrogens with two attached hydrogens (primary N) is 2. The number of anilines is 2. The van der Waals surface area contributed by atoms with Crippen molar-refractivity contribution < 1.29 is 8.42 Å². The van der Waals surface area contributed by atoms with Gasteiger partial charge in [-0.1, -0.05) is 0 Å². The molecule has 1 aromatic carbocycles. The SMILES string of the molecule is CNc1ccc(N)c(S(N)(=O)=O)c1C#N. The number of nitrogens with zero attached hydrogens (tertiary/aromatic N) is 1. The quantitative estimate of drug-likeness (QED) is 0.604. The molecule has 0 aliphatic rings. The summed E-state index contributed by atoms with van der Waals surface area (Å²) in [6, 6.07) is 4.66. The lowest BCUT2D eigenvalue weighted by Gasteiger charge is -2.09. The number of benzene rings is 1. The molecule has 0 aromatic heterocycles. The summed E-state index contributed by atoms with van der Waals surface area (Å²) >= 11 is 0. The standard InChI is InChI=1S/C8H10N4O2S/c1-12-7-3-2-6(10)8(5(7)4-9)15(11,13)14/h2-3,12H,10H2,1H3,(H2,11,13,14). The van der Waals surface area contributed by atoms with Gasteiger partial charge in [0.05, 0.1) is 16.9 Å². The molecule has 5 N–H and O–H groups in total. The third-order valence-electron chi connectivity index (χ3n) is 1.85. The zero-order chi connectivity index (χ0) is 11.6. The largest absolute Gasteiger partial charge is 0.398 e. The van der Waals surface area contributed by atoms with Gasteiger partial charge in [-0.2, -0.15) is 5.26 Å². The number of nitrogen functional groups attached to an aromatic ring is 1. The van der Waals surface area contributed by atoms with Gasteiger partial charge in [-0.3, -0.25) is 0 Å². The first-order valence-electron chi connectivity index (χ1n) is 3.95. The number of primary sulfonamides is 1. The molecule has 0 aliphatic heterocycles. The van der Waals surface area contributed by atoms with Crippen LogP contribution < -0.4 is 16.2 Å². The van der Waals surface area contributed by atoms with E-state index in [4.69, 9.17) is 16.1 Å². The third kappa shape index (κ3) is 2.01. The van der Waals surface area contributed by atoms with E-state index in [2.05, 4.69) is 5.32 Å². The summed E-state index contributed by atoms with van der Waals surface area (Å²) < 4.78 is 22.4. The number of hydrogen-bond donors (Lipinski definition) is 3. The molecule has 1 aromatic rings. The average Bonchev–Trinajstić information content (AvgIpc) is 2.15. The second-order valence-electron chi connectivity index (χ2n) is 2.81. The Morgan fingerprint density at radius 3 is 2.47 bits per heavy atom. The van der Waals surface area contributed by atoms with E-state index in [1.807, 2.05) is 0 Å². The van der Waals surface area contributed by atoms with Gasteiger partial charge in [0.2, 0.25) is 10.0 Å². The smallest absolute Gasteiger partial charge is 0.241 e. The Morgan fingerprint density at radius 2 is 2.07 bits per heavy atom. The summed E-state index contributed by atoms with van der Waals surface area (Å²) in [5, 5.41) is 16.5. The molecule has 0 saturated heterocycles. The van der Waals surface area contributed by atoms with Crippen molar-refractivity contribution >= 4 is 21.4 Å². The number of hydrogen-bond acceptors (Lipinski definition) is 5. The predicted octanol–water partition coefficient (Wildman–Crippen LogP) is -0.170. The number of sulfonamides is 1. The van der Waals surface area contributed by atoms with Crippen LogP contribution in [0.15, 0.2) is 17.0 Å². The Labute approximate surface area is 87.5 Å². The van der Waals surface area contributed by atoms with E-state index in [0.29, 0.717) is 5.69 Å². The van der Waals surface area contributed by atoms with Crippen LogP contribution in [0, 0.1) is 11.3 Å². The molecule has 0 unspecified atom stereocenters. The van der Waals surface area contributed by atoms with Crippen LogP contribution in [0.3, 0.4) is 0 Å². The van der Waals surface area contributed by atoms with E-state index < -0.39 is 10.0 Å². The lowest BCUT2D eigenvalue weighted by Crippen LogP contribution is -2.17. The van der Waals surface area contributed by atoms with Gasteiger partial charge in [0.25, 0.3) is 0 Å². The van der Waals surface area contributed by atoms with Crippen LogP contribution in [-0.4, -0.2) is 15.5 Å². The number of rotatable bonds is 2. The first-order valence-corrected chi connectivity index (χ1v) is 5.49. The average molecular weight is 226 g/mol. The highest BCUT2D eigenvalue weighted by molar-refractivity contribution is 7.89. The lowest BCUT2D eigenvalue weighted by molar-refractivity contribution is 0.598. The Balaban J connectivity index is 3.71. The molecule has 0 atom stereocenters. The highest BCUT2D eigenvalue weighted by Crippen LogP contribution is 2.27. The number of nitrogens with one attached hydrogen (secondary N) is 1. The Morgan fingerprint density at radius 1 is 1.47 bits per heavy atom. The maximum Gasteiger partial charge on any atom is 0.241 e. The molecule has 80 valence electrons. The maximum absolute atomic E-state index is 11.2. The monoisotopic (exact) mass is 226 g/mol. The second-order valence-corrected chi connectivity index (χ2v) is 4.31. The van der Waals surface area contributed by atoms with Crippen molar-refractivity contribution in [1.29, 1.82) is 5.26 Å². The lowest BCUT2D eigenvalue weighted by atomic mass is 10.1. The molecule has 0 spiro atoms. The molecule has 7 heteroatoms. The highest BCUT2D eigenvalue weighted by atomic mass is 32.2. The molecule has 0 aliphatic carbocycles. The Kier molecular flexibility index (Phi) is 2.83. The minimum Gasteiger partial charge on any atom is -0.398 e. The first-order chi connectivity index (χ1) is 6.91. The minimum absolute atomic E-state index is 0.0342. The molecule has 0 amide bonds. The molecule has 0 radical (unpaired) electrons. The molecule has 6 nitrogen and oxygen atoms in total. The van der Waals surface area contributed by atoms with Gasteiger partial charge in [-0.25, -0.2) is 13.6 Å². The van der Waals surface area contributed by atoms with Gasteiger partial charge in [-0.05, 0) is 12.1 Å². The van der Waals surface area contributed by atoms with Crippen LogP contribution in [0.25, 0.3) is 0 Å². The fraction of sp³-hybridized carbons (Fsp3) is 0.125. The summed E-state index contributed by atoms with van der Waals surface area (Å²) in [5.41, 5.74) is 5.74. The maximum atomic E-state index is 11.2. The summed E-state index contributed by atoms with van der Waals surface area (Å²) in [4.78, 5) is -0.336. The van der Waals surface area contributed by atoms with E-state index in [0.717, 1.165) is 0 Å². The Hall–Kier alpha value is -1.78. The van der Waals surface area contributed by atoms with Crippen molar-refractivity contribution in [1.82, 2.24) is 0 Å². The zero-order valence-corrected chi connectivity index (χ0v) is 8.80. The molecular weight excluding hydrogens is 216 g/mol. The number of nitriles is 1. The van der Waals surface area contributed by atoms with Crippen molar-refractivity contribution in [2.45, 2.75) is 4.90 Å². The van der Waals surface area contributed by atoms with Crippen LogP contribution in [-0.2, 0) is 10.0 Å². The molecule has 0 heterocycles. The Bertz CT molecular complexity index is 530. The van der Waals surface area contributed by atoms with E-state index in [1.54, 1.807) is 13.1 Å². The molecule has 1 rings (SSSR count). The van der Waals surface area contributed by atoms with Crippen LogP contribution >= 0.6 is 0 Å². The van der Waals surface area contributed by atoms with Gasteiger partial charge in [-0.15, -0.1) is 0 Å². The van der Waals surface area contributed by atoms with Crippen LogP contribution in [0.2, 0.25) is 0 Å². The second kappa shape index (κ2) is 3.76. The summed E-state index contributed by atoms with van der Waals surface area (Å²) in [6.07, 6.45) is 0. The minimum atomic E-state index is -4.00. The van der Waals surface area contributed by atoms with Crippen molar-refractivity contribution in [3.05, 3.63) is 17.7 Å². The fourth-order valence-electron chi connectivity index (χ4n) is 1.22. The first kappa shape index (κ1) is 11.3. The van der Waals surface area contributed by atoms with Crippen molar-refractivity contribution in [2.24, 2.45) is 5.14 Å². The van der Waals surface area contributed by atoms with Gasteiger partial charge in [0.15, 0.2) is 0 Å². The van der Waals surface area contributed by atoms with E-state index in [9.17, 15) is 8.42 Å². The highest BCUT2D eigenvalue weighted by Gasteiger charge is 2.20. The van der Waals surface area contributed by atoms with Gasteiger partial charge >= 0.3 is 0 Å². The molecular formula is C8H10N4O2S. The summed E-state index contributed by atoms with van der Waals surface area (Å²) in [6.45, 7) is 0. The van der Waals surface area contributed by atoms with Crippen LogP contribution in [0.4, 0.5) is 11.4 Å². The van der Waals surface area contributed by atoms with Crippen molar-refractivity contribution in [3.8, 4) is 6.07 Å². The third-order valence-corrected chi connectivity index (χ3v) is 2.86. The molecule has 0 saturated carbocycles. The van der Waals surface area contributed by atoms with Gasteiger partial charge in [0.1, 0.15) is 11.0 Å². The van der Waals surface area contributed by atoms with Crippen molar-refractivity contribution in [3.63, 3.8) is 0 Å². The van der Waals surface area contributed by atoms with Crippen LogP contribution in [0.1, 0.15) is 5.56 Å². The summed E-state index contributed by atoms with van der Waals surface area (Å²) in [7, 11) is -2.43. The van der Waals surface area contributed by atoms with Gasteiger partial charge < -0.3 is 11.1 Å². The van der Waals surface area contributed by atoms with Crippen LogP contribution in [0.5, 0.6) is 0 Å². The normalized spacial score (nSPS) is 10.7. The van der Waals surface area contributed by atoms with Gasteiger partial charge in [0, 0.05) is 7.05 Å². The topological polar surface area (TPSA) is 122 Å². The van der Waals surface area contributed by atoms with Crippen molar-refractivity contribution in [2.75, 3.05) is 18.1 Å². The molecule has 0 fully saturated rings. The van der Waals surface area contributed by atoms with E-state index in [-0.39, 0.29) is 16.1 Å². The molecule has 15 heavy (non-hydrogen) atoms. The van der Waals surface area contributed by atoms with E-state index >= 15 is 0 Å².